The van der Waals surface area contributed by atoms with Gasteiger partial charge in [0.15, 0.2) is 0 Å². The van der Waals surface area contributed by atoms with Crippen molar-refractivity contribution in [3.8, 4) is 17.0 Å². The lowest BCUT2D eigenvalue weighted by atomic mass is 9.88. The van der Waals surface area contributed by atoms with Crippen molar-refractivity contribution in [1.29, 1.82) is 0 Å². The maximum atomic E-state index is 14.9. The third kappa shape index (κ3) is 6.61. The van der Waals surface area contributed by atoms with Crippen LogP contribution in [-0.4, -0.2) is 75.7 Å². The molecule has 2 aromatic carbocycles. The Morgan fingerprint density at radius 1 is 1.14 bits per heavy atom. The molecular formula is C30H34F4N4O4. The Labute approximate surface area is 240 Å². The van der Waals surface area contributed by atoms with Crippen molar-refractivity contribution < 1.29 is 37.3 Å². The normalized spacial score (nSPS) is 20.9. The molecule has 4 atom stereocenters. The number of alkyl halides is 1. The van der Waals surface area contributed by atoms with Crippen molar-refractivity contribution in [2.45, 2.75) is 44.6 Å². The van der Waals surface area contributed by atoms with Crippen LogP contribution in [0.2, 0.25) is 0 Å². The van der Waals surface area contributed by atoms with Crippen molar-refractivity contribution in [2.24, 2.45) is 11.8 Å². The highest BCUT2D eigenvalue weighted by molar-refractivity contribution is 5.80. The molecule has 0 aliphatic carbocycles. The number of nitrogens with one attached hydrogen (secondary N) is 1. The zero-order chi connectivity index (χ0) is 30.0. The summed E-state index contributed by atoms with van der Waals surface area (Å²) in [7, 11) is 0. The van der Waals surface area contributed by atoms with Crippen LogP contribution in [0.25, 0.3) is 11.3 Å². The minimum Gasteiger partial charge on any atom is -0.508 e. The quantitative estimate of drug-likeness (QED) is 0.327. The van der Waals surface area contributed by atoms with E-state index in [1.54, 1.807) is 4.57 Å². The van der Waals surface area contributed by atoms with E-state index in [0.29, 0.717) is 38.2 Å². The number of carbonyl (C=O) groups excluding carboxylic acids is 1. The van der Waals surface area contributed by atoms with E-state index in [0.717, 1.165) is 24.3 Å². The number of phenolic OH excluding ortho intramolecular Hbond substituents is 1. The smallest absolute Gasteiger partial charge is 0.251 e. The summed E-state index contributed by atoms with van der Waals surface area (Å²) >= 11 is 0. The number of imidazole rings is 1. The van der Waals surface area contributed by atoms with E-state index in [1.807, 2.05) is 0 Å². The number of aromatic nitrogens is 2. The van der Waals surface area contributed by atoms with Crippen molar-refractivity contribution in [3.05, 3.63) is 71.4 Å². The van der Waals surface area contributed by atoms with Crippen LogP contribution in [0.3, 0.4) is 0 Å². The highest BCUT2D eigenvalue weighted by atomic mass is 19.1. The number of aliphatic hydroxyl groups is 1. The predicted octanol–water partition coefficient (Wildman–Crippen LogP) is 3.96. The monoisotopic (exact) mass is 590 g/mol. The van der Waals surface area contributed by atoms with Gasteiger partial charge in [0.1, 0.15) is 41.3 Å². The Bertz CT molecular complexity index is 1390. The summed E-state index contributed by atoms with van der Waals surface area (Å²) in [6.45, 7) is 2.57. The molecule has 0 spiro atoms. The van der Waals surface area contributed by atoms with E-state index < -0.39 is 47.6 Å². The van der Waals surface area contributed by atoms with E-state index >= 15 is 0 Å². The molecule has 5 rings (SSSR count). The number of nitrogens with zero attached hydrogens (tertiary/aromatic N) is 3. The molecule has 1 aromatic heterocycles. The Kier molecular flexibility index (Phi) is 9.14. The summed E-state index contributed by atoms with van der Waals surface area (Å²) in [5, 5.41) is 23.4. The molecule has 0 radical (unpaired) electrons. The zero-order valence-electron chi connectivity index (χ0n) is 23.1. The summed E-state index contributed by atoms with van der Waals surface area (Å²) in [5.41, 5.74) is 0.329. The van der Waals surface area contributed by atoms with Gasteiger partial charge in [-0.15, -0.1) is 0 Å². The molecule has 12 heteroatoms. The lowest BCUT2D eigenvalue weighted by Gasteiger charge is -2.40. The van der Waals surface area contributed by atoms with Gasteiger partial charge in [0.2, 0.25) is 0 Å². The fourth-order valence-electron chi connectivity index (χ4n) is 5.89. The minimum atomic E-state index is -1.40. The van der Waals surface area contributed by atoms with Gasteiger partial charge in [-0.25, -0.2) is 22.5 Å². The SMILES string of the molecule is CC(O)C(=O)N(CC1CNCC1F)C(c1nc(-c2cc(F)ccc2F)cn1Cc1cc(O)cc(F)c1)C1CCOCC1. The highest BCUT2D eigenvalue weighted by Gasteiger charge is 2.41. The number of aliphatic hydroxyl groups excluding tert-OH is 1. The first-order chi connectivity index (χ1) is 20.1. The number of rotatable bonds is 9. The molecule has 3 aromatic rings. The number of carbonyl (C=O) groups is 1. The van der Waals surface area contributed by atoms with Crippen LogP contribution >= 0.6 is 0 Å². The second-order valence-corrected chi connectivity index (χ2v) is 11.0. The number of ether oxygens (including phenoxy) is 1. The molecule has 0 bridgehead atoms. The first-order valence-electron chi connectivity index (χ1n) is 14.0. The molecule has 2 fully saturated rings. The van der Waals surface area contributed by atoms with E-state index in [4.69, 9.17) is 9.72 Å². The maximum absolute atomic E-state index is 14.9. The average Bonchev–Trinajstić information content (AvgIpc) is 3.54. The fraction of sp³-hybridized carbons (Fsp3) is 0.467. The maximum Gasteiger partial charge on any atom is 0.251 e. The number of halogens is 4. The second kappa shape index (κ2) is 12.8. The van der Waals surface area contributed by atoms with Crippen LogP contribution in [0, 0.1) is 29.3 Å². The number of aromatic hydroxyl groups is 1. The van der Waals surface area contributed by atoms with Crippen LogP contribution in [-0.2, 0) is 16.1 Å². The average molecular weight is 591 g/mol. The topological polar surface area (TPSA) is 99.9 Å². The summed E-state index contributed by atoms with van der Waals surface area (Å²) in [6.07, 6.45) is -0.0807. The van der Waals surface area contributed by atoms with E-state index in [-0.39, 0.29) is 48.4 Å². The molecule has 226 valence electrons. The Balaban J connectivity index is 1.67. The van der Waals surface area contributed by atoms with Crippen LogP contribution in [0.5, 0.6) is 5.75 Å². The van der Waals surface area contributed by atoms with Crippen molar-refractivity contribution in [3.63, 3.8) is 0 Å². The first-order valence-corrected chi connectivity index (χ1v) is 14.0. The molecular weight excluding hydrogens is 556 g/mol. The second-order valence-electron chi connectivity index (χ2n) is 11.0. The van der Waals surface area contributed by atoms with E-state index in [2.05, 4.69) is 5.32 Å². The number of hydrogen-bond acceptors (Lipinski definition) is 6. The summed E-state index contributed by atoms with van der Waals surface area (Å²) < 4.78 is 65.4. The number of hydrogen-bond donors (Lipinski definition) is 3. The first kappa shape index (κ1) is 30.0. The molecule has 2 aliphatic heterocycles. The Morgan fingerprint density at radius 3 is 2.57 bits per heavy atom. The molecule has 2 saturated heterocycles. The lowest BCUT2D eigenvalue weighted by molar-refractivity contribution is -0.145. The third-order valence-corrected chi connectivity index (χ3v) is 7.95. The Hall–Kier alpha value is -3.48. The van der Waals surface area contributed by atoms with Gasteiger partial charge in [-0.3, -0.25) is 4.79 Å². The summed E-state index contributed by atoms with van der Waals surface area (Å²) in [4.78, 5) is 19.8. The van der Waals surface area contributed by atoms with Gasteiger partial charge < -0.3 is 29.7 Å². The molecule has 42 heavy (non-hydrogen) atoms. The molecule has 2 aliphatic rings. The van der Waals surface area contributed by atoms with Gasteiger partial charge >= 0.3 is 0 Å². The molecule has 4 unspecified atom stereocenters. The highest BCUT2D eigenvalue weighted by Crippen LogP contribution is 2.38. The van der Waals surface area contributed by atoms with Crippen LogP contribution in [0.1, 0.15) is 37.2 Å². The van der Waals surface area contributed by atoms with E-state index in [1.165, 1.54) is 30.2 Å². The Morgan fingerprint density at radius 2 is 1.90 bits per heavy atom. The number of amides is 1. The summed E-state index contributed by atoms with van der Waals surface area (Å²) in [5.74, 6) is -3.48. The van der Waals surface area contributed by atoms with E-state index in [9.17, 15) is 32.6 Å². The molecule has 1 amide bonds. The van der Waals surface area contributed by atoms with Crippen molar-refractivity contribution in [1.82, 2.24) is 19.8 Å². The van der Waals surface area contributed by atoms with Crippen LogP contribution in [0.15, 0.2) is 42.6 Å². The van der Waals surface area contributed by atoms with Gasteiger partial charge in [-0.05, 0) is 61.6 Å². The largest absolute Gasteiger partial charge is 0.508 e. The molecule has 3 heterocycles. The standard InChI is InChI=1S/C30H34F4N4O4/c1-17(39)30(41)38(15-20-12-35-13-26(20)34)28(19-4-6-42-7-5-19)29-36-27(24-11-21(31)2-3-25(24)33)16-37(29)14-18-8-22(32)10-23(40)9-18/h2-3,8-11,16-17,19-20,26,28,35,39-40H,4-7,12-15H2,1H3. The lowest BCUT2D eigenvalue weighted by Crippen LogP contribution is -2.48. The van der Waals surface area contributed by atoms with Crippen LogP contribution < -0.4 is 5.32 Å². The van der Waals surface area contributed by atoms with Gasteiger partial charge in [-0.1, -0.05) is 0 Å². The van der Waals surface area contributed by atoms with Crippen LogP contribution in [0.4, 0.5) is 17.6 Å². The predicted molar refractivity (Wildman–Crippen MR) is 146 cm³/mol. The van der Waals surface area contributed by atoms with Gasteiger partial charge in [0, 0.05) is 63.1 Å². The molecule has 3 N–H and O–H groups in total. The molecule has 0 saturated carbocycles. The zero-order valence-corrected chi connectivity index (χ0v) is 23.1. The molecule has 8 nitrogen and oxygen atoms in total. The van der Waals surface area contributed by atoms with Crippen molar-refractivity contribution >= 4 is 5.91 Å². The van der Waals surface area contributed by atoms with Crippen molar-refractivity contribution in [2.75, 3.05) is 32.8 Å². The summed E-state index contributed by atoms with van der Waals surface area (Å²) in [6, 6.07) is 5.74. The third-order valence-electron chi connectivity index (χ3n) is 7.95. The van der Waals surface area contributed by atoms with Gasteiger partial charge in [0.05, 0.1) is 11.7 Å². The van der Waals surface area contributed by atoms with Gasteiger partial charge in [0.25, 0.3) is 5.91 Å². The fourth-order valence-corrected chi connectivity index (χ4v) is 5.89. The number of benzene rings is 2. The number of phenols is 1. The minimum absolute atomic E-state index is 0.0167. The van der Waals surface area contributed by atoms with Gasteiger partial charge in [-0.2, -0.15) is 0 Å².